The molecular weight excluding hydrogens is 290 g/mol. The van der Waals surface area contributed by atoms with Gasteiger partial charge in [0, 0.05) is 24.5 Å². The Bertz CT molecular complexity index is 721. The predicted octanol–water partition coefficient (Wildman–Crippen LogP) is 3.75. The van der Waals surface area contributed by atoms with Gasteiger partial charge in [0.05, 0.1) is 0 Å². The Kier molecular flexibility index (Phi) is 5.52. The summed E-state index contributed by atoms with van der Waals surface area (Å²) in [6.45, 7) is 3.46. The van der Waals surface area contributed by atoms with Gasteiger partial charge in [0.25, 0.3) is 0 Å². The van der Waals surface area contributed by atoms with Crippen LogP contribution in [-0.4, -0.2) is 11.9 Å². The molecule has 3 amide bonds. The molecule has 0 aliphatic carbocycles. The predicted molar refractivity (Wildman–Crippen MR) is 93.1 cm³/mol. The maximum Gasteiger partial charge on any atom is 0.323 e. The van der Waals surface area contributed by atoms with Gasteiger partial charge >= 0.3 is 6.03 Å². The second-order valence-corrected chi connectivity index (χ2v) is 5.10. The Morgan fingerprint density at radius 3 is 2.26 bits per heavy atom. The smallest absolute Gasteiger partial charge is 0.323 e. The van der Waals surface area contributed by atoms with Crippen LogP contribution in [-0.2, 0) is 4.79 Å². The van der Waals surface area contributed by atoms with E-state index in [1.165, 1.54) is 12.5 Å². The van der Waals surface area contributed by atoms with E-state index in [1.54, 1.807) is 30.5 Å². The minimum atomic E-state index is -0.353. The van der Waals surface area contributed by atoms with E-state index in [-0.39, 0.29) is 11.9 Å². The van der Waals surface area contributed by atoms with Gasteiger partial charge in [-0.1, -0.05) is 35.9 Å². The number of amides is 3. The van der Waals surface area contributed by atoms with E-state index in [2.05, 4.69) is 16.0 Å². The molecule has 2 rings (SSSR count). The lowest BCUT2D eigenvalue weighted by Gasteiger charge is -2.07. The summed E-state index contributed by atoms with van der Waals surface area (Å²) in [7, 11) is 0. The quantitative estimate of drug-likeness (QED) is 0.805. The van der Waals surface area contributed by atoms with Crippen molar-refractivity contribution in [3.8, 4) is 0 Å². The van der Waals surface area contributed by atoms with E-state index < -0.39 is 0 Å². The first-order valence-corrected chi connectivity index (χ1v) is 7.21. The van der Waals surface area contributed by atoms with Crippen LogP contribution in [0.15, 0.2) is 54.7 Å². The molecule has 0 saturated heterocycles. The molecule has 0 heterocycles. The molecule has 5 heteroatoms. The molecular formula is C18H19N3O2. The molecule has 0 spiro atoms. The van der Waals surface area contributed by atoms with Crippen molar-refractivity contribution in [3.05, 3.63) is 65.9 Å². The van der Waals surface area contributed by atoms with Gasteiger partial charge in [0.15, 0.2) is 0 Å². The second kappa shape index (κ2) is 7.79. The number of carbonyl (C=O) groups excluding carboxylic acids is 2. The molecule has 23 heavy (non-hydrogen) atoms. The fraction of sp³-hybridized carbons (Fsp3) is 0.111. The zero-order valence-corrected chi connectivity index (χ0v) is 13.1. The van der Waals surface area contributed by atoms with Crippen molar-refractivity contribution in [1.29, 1.82) is 0 Å². The number of nitrogens with one attached hydrogen (secondary N) is 3. The molecule has 2 aromatic rings. The monoisotopic (exact) mass is 309 g/mol. The number of urea groups is 1. The highest BCUT2D eigenvalue weighted by Gasteiger charge is 2.01. The third-order valence-corrected chi connectivity index (χ3v) is 3.01. The van der Waals surface area contributed by atoms with Crippen LogP contribution >= 0.6 is 0 Å². The van der Waals surface area contributed by atoms with Crippen LogP contribution in [0.4, 0.5) is 16.2 Å². The molecule has 5 nitrogen and oxygen atoms in total. The average molecular weight is 309 g/mol. The van der Waals surface area contributed by atoms with Crippen LogP contribution in [0.5, 0.6) is 0 Å². The number of rotatable bonds is 4. The van der Waals surface area contributed by atoms with Crippen molar-refractivity contribution in [2.75, 3.05) is 10.6 Å². The Balaban J connectivity index is 1.89. The highest BCUT2D eigenvalue weighted by molar-refractivity contribution is 5.93. The van der Waals surface area contributed by atoms with Gasteiger partial charge in [-0.25, -0.2) is 4.79 Å². The van der Waals surface area contributed by atoms with Gasteiger partial charge < -0.3 is 16.0 Å². The number of carbonyl (C=O) groups is 2. The van der Waals surface area contributed by atoms with E-state index in [1.807, 2.05) is 37.3 Å². The number of aryl methyl sites for hydroxylation is 1. The molecule has 0 saturated carbocycles. The number of hydrogen-bond donors (Lipinski definition) is 3. The minimum Gasteiger partial charge on any atom is -0.326 e. The summed E-state index contributed by atoms with van der Waals surface area (Å²) in [6.07, 6.45) is 3.39. The Hall–Kier alpha value is -3.08. The van der Waals surface area contributed by atoms with Crippen molar-refractivity contribution in [3.63, 3.8) is 0 Å². The van der Waals surface area contributed by atoms with Gasteiger partial charge in [-0.2, -0.15) is 0 Å². The van der Waals surface area contributed by atoms with Crippen LogP contribution < -0.4 is 16.0 Å². The summed E-state index contributed by atoms with van der Waals surface area (Å²) in [6, 6.07) is 14.5. The molecule has 0 aromatic heterocycles. The number of hydrogen-bond acceptors (Lipinski definition) is 2. The normalized spacial score (nSPS) is 10.3. The second-order valence-electron chi connectivity index (χ2n) is 5.10. The topological polar surface area (TPSA) is 70.2 Å². The largest absolute Gasteiger partial charge is 0.326 e. The zero-order valence-electron chi connectivity index (χ0n) is 13.1. The zero-order chi connectivity index (χ0) is 16.7. The molecule has 0 atom stereocenters. The van der Waals surface area contributed by atoms with E-state index in [0.717, 1.165) is 5.56 Å². The average Bonchev–Trinajstić information content (AvgIpc) is 2.49. The summed E-state index contributed by atoms with van der Waals surface area (Å²) in [5, 5.41) is 8.00. The molecule has 3 N–H and O–H groups in total. The summed E-state index contributed by atoms with van der Waals surface area (Å²) >= 11 is 0. The molecule has 0 radical (unpaired) electrons. The lowest BCUT2D eigenvalue weighted by molar-refractivity contribution is -0.114. The maximum atomic E-state index is 11.8. The van der Waals surface area contributed by atoms with Gasteiger partial charge in [0.1, 0.15) is 0 Å². The first-order chi connectivity index (χ1) is 11.0. The van der Waals surface area contributed by atoms with Crippen LogP contribution in [0, 0.1) is 6.92 Å². The summed E-state index contributed by atoms with van der Waals surface area (Å²) in [4.78, 5) is 22.9. The maximum absolute atomic E-state index is 11.8. The summed E-state index contributed by atoms with van der Waals surface area (Å²) in [5.74, 6) is -0.160. The molecule has 0 aliphatic heterocycles. The molecule has 2 aromatic carbocycles. The number of anilines is 2. The summed E-state index contributed by atoms with van der Waals surface area (Å²) in [5.41, 5.74) is 3.42. The third-order valence-electron chi connectivity index (χ3n) is 3.01. The highest BCUT2D eigenvalue weighted by Crippen LogP contribution is 2.14. The Morgan fingerprint density at radius 1 is 0.957 bits per heavy atom. The van der Waals surface area contributed by atoms with Crippen molar-refractivity contribution in [1.82, 2.24) is 5.32 Å². The molecule has 0 unspecified atom stereocenters. The van der Waals surface area contributed by atoms with E-state index in [0.29, 0.717) is 11.4 Å². The van der Waals surface area contributed by atoms with E-state index >= 15 is 0 Å². The van der Waals surface area contributed by atoms with Crippen LogP contribution in [0.3, 0.4) is 0 Å². The molecule has 0 fully saturated rings. The SMILES string of the molecule is CC(=O)Nc1cccc(NC(=O)N/C=C/c2ccc(C)cc2)c1. The summed E-state index contributed by atoms with van der Waals surface area (Å²) < 4.78 is 0. The van der Waals surface area contributed by atoms with Crippen LogP contribution in [0.25, 0.3) is 6.08 Å². The van der Waals surface area contributed by atoms with E-state index in [4.69, 9.17) is 0 Å². The minimum absolute atomic E-state index is 0.160. The van der Waals surface area contributed by atoms with Gasteiger partial charge in [-0.05, 0) is 36.8 Å². The van der Waals surface area contributed by atoms with Crippen LogP contribution in [0.1, 0.15) is 18.1 Å². The van der Waals surface area contributed by atoms with E-state index in [9.17, 15) is 9.59 Å². The van der Waals surface area contributed by atoms with Gasteiger partial charge in [-0.15, -0.1) is 0 Å². The highest BCUT2D eigenvalue weighted by atomic mass is 16.2. The first-order valence-electron chi connectivity index (χ1n) is 7.21. The number of benzene rings is 2. The third kappa shape index (κ3) is 5.67. The van der Waals surface area contributed by atoms with Gasteiger partial charge in [0.2, 0.25) is 5.91 Å². The molecule has 118 valence electrons. The Morgan fingerprint density at radius 2 is 1.61 bits per heavy atom. The fourth-order valence-corrected chi connectivity index (χ4v) is 1.94. The van der Waals surface area contributed by atoms with Crippen molar-refractivity contribution >= 4 is 29.4 Å². The molecule has 0 bridgehead atoms. The van der Waals surface area contributed by atoms with Gasteiger partial charge in [-0.3, -0.25) is 4.79 Å². The Labute approximate surface area is 135 Å². The lowest BCUT2D eigenvalue weighted by Crippen LogP contribution is -2.23. The van der Waals surface area contributed by atoms with Crippen molar-refractivity contribution < 1.29 is 9.59 Å². The lowest BCUT2D eigenvalue weighted by atomic mass is 10.1. The first kappa shape index (κ1) is 16.3. The standard InChI is InChI=1S/C18H19N3O2/c1-13-6-8-15(9-7-13)10-11-19-18(23)21-17-5-3-4-16(12-17)20-14(2)22/h3-12H,1-2H3,(H,20,22)(H2,19,21,23)/b11-10+. The van der Waals surface area contributed by atoms with Crippen LogP contribution in [0.2, 0.25) is 0 Å². The molecule has 0 aliphatic rings. The fourth-order valence-electron chi connectivity index (χ4n) is 1.94. The van der Waals surface area contributed by atoms with Crippen molar-refractivity contribution in [2.45, 2.75) is 13.8 Å². The van der Waals surface area contributed by atoms with Crippen molar-refractivity contribution in [2.24, 2.45) is 0 Å².